The van der Waals surface area contributed by atoms with E-state index in [-0.39, 0.29) is 0 Å². The third-order valence-corrected chi connectivity index (χ3v) is 2.55. The fourth-order valence-corrected chi connectivity index (χ4v) is 1.73. The van der Waals surface area contributed by atoms with E-state index in [9.17, 15) is 0 Å². The van der Waals surface area contributed by atoms with Crippen LogP contribution in [0.15, 0.2) is 46.4 Å². The molecule has 3 nitrogen and oxygen atoms in total. The summed E-state index contributed by atoms with van der Waals surface area (Å²) in [6.45, 7) is 0. The number of thioether (sulfide) groups is 1. The van der Waals surface area contributed by atoms with E-state index in [2.05, 4.69) is 10.6 Å². The summed E-state index contributed by atoms with van der Waals surface area (Å²) in [5.74, 6) is 1.84. The molecule has 2 rings (SSSR count). The van der Waals surface area contributed by atoms with Crippen LogP contribution in [0.25, 0.3) is 0 Å². The zero-order valence-corrected chi connectivity index (χ0v) is 7.80. The highest BCUT2D eigenvalue weighted by molar-refractivity contribution is 8.02. The zero-order valence-electron chi connectivity index (χ0n) is 6.99. The average molecular weight is 194 g/mol. The first-order valence-electron chi connectivity index (χ1n) is 3.98. The summed E-state index contributed by atoms with van der Waals surface area (Å²) in [6.07, 6.45) is 7.33. The lowest BCUT2D eigenvalue weighted by Gasteiger charge is -2.09. The molecular weight excluding hydrogens is 184 g/mol. The van der Waals surface area contributed by atoms with Gasteiger partial charge in [-0.2, -0.15) is 0 Å². The lowest BCUT2D eigenvalue weighted by atomic mass is 10.5. The summed E-state index contributed by atoms with van der Waals surface area (Å²) in [7, 11) is 0. The first-order valence-corrected chi connectivity index (χ1v) is 4.97. The van der Waals surface area contributed by atoms with Crippen LogP contribution in [0.3, 0.4) is 0 Å². The summed E-state index contributed by atoms with van der Waals surface area (Å²) in [5, 5.41) is 7.23. The smallest absolute Gasteiger partial charge is 0.114 e. The molecule has 4 heteroatoms. The van der Waals surface area contributed by atoms with E-state index >= 15 is 0 Å². The Morgan fingerprint density at radius 2 is 2.38 bits per heavy atom. The molecule has 0 aromatic carbocycles. The van der Waals surface area contributed by atoms with Crippen LogP contribution in [0.4, 0.5) is 0 Å². The summed E-state index contributed by atoms with van der Waals surface area (Å²) in [6, 6.07) is 3.87. The van der Waals surface area contributed by atoms with Crippen molar-refractivity contribution in [2.45, 2.75) is 5.75 Å². The fourth-order valence-electron chi connectivity index (χ4n) is 0.964. The maximum atomic E-state index is 5.21. The van der Waals surface area contributed by atoms with Gasteiger partial charge in [-0.15, -0.1) is 0 Å². The highest BCUT2D eigenvalue weighted by atomic mass is 32.2. The van der Waals surface area contributed by atoms with Crippen molar-refractivity contribution in [2.24, 2.45) is 0 Å². The predicted octanol–water partition coefficient (Wildman–Crippen LogP) is 1.98. The Bertz CT molecular complexity index is 316. The van der Waals surface area contributed by atoms with Gasteiger partial charge in [-0.3, -0.25) is 0 Å². The Morgan fingerprint density at radius 3 is 3.08 bits per heavy atom. The fraction of sp³-hybridized carbons (Fsp3) is 0.111. The molecule has 1 aliphatic rings. The van der Waals surface area contributed by atoms with E-state index in [1.165, 1.54) is 0 Å². The molecule has 1 aromatic rings. The van der Waals surface area contributed by atoms with Gasteiger partial charge in [-0.25, -0.2) is 0 Å². The molecule has 2 heterocycles. The first-order chi connectivity index (χ1) is 6.45. The van der Waals surface area contributed by atoms with Gasteiger partial charge in [0.15, 0.2) is 0 Å². The molecule has 68 valence electrons. The van der Waals surface area contributed by atoms with Crippen molar-refractivity contribution >= 4 is 11.8 Å². The molecule has 2 N–H and O–H groups in total. The SMILES string of the molecule is C1=CNC(SCc2ccco2)=CN1. The minimum Gasteiger partial charge on any atom is -0.468 e. The lowest BCUT2D eigenvalue weighted by molar-refractivity contribution is 0.530. The van der Waals surface area contributed by atoms with Crippen LogP contribution in [-0.2, 0) is 5.75 Å². The Morgan fingerprint density at radius 1 is 1.38 bits per heavy atom. The van der Waals surface area contributed by atoms with Gasteiger partial charge in [0, 0.05) is 18.6 Å². The molecule has 0 spiro atoms. The van der Waals surface area contributed by atoms with E-state index in [4.69, 9.17) is 4.42 Å². The van der Waals surface area contributed by atoms with Crippen LogP contribution in [0.5, 0.6) is 0 Å². The van der Waals surface area contributed by atoms with E-state index in [0.29, 0.717) is 0 Å². The molecule has 0 aliphatic carbocycles. The van der Waals surface area contributed by atoms with Gasteiger partial charge in [-0.05, 0) is 12.1 Å². The molecule has 1 aliphatic heterocycles. The van der Waals surface area contributed by atoms with Crippen molar-refractivity contribution in [3.8, 4) is 0 Å². The third-order valence-electron chi connectivity index (χ3n) is 1.57. The lowest BCUT2D eigenvalue weighted by Crippen LogP contribution is -2.12. The van der Waals surface area contributed by atoms with Gasteiger partial charge >= 0.3 is 0 Å². The highest BCUT2D eigenvalue weighted by Gasteiger charge is 2.01. The Balaban J connectivity index is 1.83. The zero-order chi connectivity index (χ0) is 8.93. The number of rotatable bonds is 3. The topological polar surface area (TPSA) is 37.2 Å². The third kappa shape index (κ3) is 2.32. The second kappa shape index (κ2) is 4.09. The predicted molar refractivity (Wildman–Crippen MR) is 53.5 cm³/mol. The van der Waals surface area contributed by atoms with Crippen molar-refractivity contribution in [2.75, 3.05) is 0 Å². The van der Waals surface area contributed by atoms with Gasteiger partial charge in [0.1, 0.15) is 5.76 Å². The molecule has 0 saturated heterocycles. The minimum absolute atomic E-state index is 0.849. The molecule has 0 atom stereocenters. The second-order valence-electron chi connectivity index (χ2n) is 2.52. The van der Waals surface area contributed by atoms with Crippen LogP contribution >= 0.6 is 11.8 Å². The standard InChI is InChI=1S/C9H10N2OS/c1-2-8(12-5-1)7-13-9-6-10-3-4-11-9/h1-6,10-11H,7H2. The number of nitrogens with one attached hydrogen (secondary N) is 2. The molecule has 0 bridgehead atoms. The van der Waals surface area contributed by atoms with Gasteiger partial charge in [0.2, 0.25) is 0 Å². The van der Waals surface area contributed by atoms with Crippen molar-refractivity contribution < 1.29 is 4.42 Å². The van der Waals surface area contributed by atoms with E-state index in [1.807, 2.05) is 30.7 Å². The quantitative estimate of drug-likeness (QED) is 0.771. The maximum absolute atomic E-state index is 5.21. The van der Waals surface area contributed by atoms with Crippen LogP contribution < -0.4 is 10.6 Å². The average Bonchev–Trinajstić information content (AvgIpc) is 2.69. The monoisotopic (exact) mass is 194 g/mol. The van der Waals surface area contributed by atoms with Gasteiger partial charge < -0.3 is 15.1 Å². The van der Waals surface area contributed by atoms with Crippen molar-refractivity contribution in [1.82, 2.24) is 10.6 Å². The van der Waals surface area contributed by atoms with Crippen molar-refractivity contribution in [1.29, 1.82) is 0 Å². The van der Waals surface area contributed by atoms with Crippen LogP contribution in [0.2, 0.25) is 0 Å². The number of furan rings is 1. The van der Waals surface area contributed by atoms with Gasteiger partial charge in [-0.1, -0.05) is 11.8 Å². The van der Waals surface area contributed by atoms with Gasteiger partial charge in [0.05, 0.1) is 17.0 Å². The van der Waals surface area contributed by atoms with Gasteiger partial charge in [0.25, 0.3) is 0 Å². The molecule has 0 fully saturated rings. The molecule has 13 heavy (non-hydrogen) atoms. The molecule has 1 aromatic heterocycles. The largest absolute Gasteiger partial charge is 0.468 e. The second-order valence-corrected chi connectivity index (χ2v) is 3.54. The molecule has 0 radical (unpaired) electrons. The summed E-state index contributed by atoms with van der Waals surface area (Å²) >= 11 is 1.70. The molecule has 0 unspecified atom stereocenters. The van der Waals surface area contributed by atoms with Crippen LogP contribution in [0, 0.1) is 0 Å². The van der Waals surface area contributed by atoms with E-state index in [0.717, 1.165) is 16.5 Å². The Kier molecular flexibility index (Phi) is 2.62. The van der Waals surface area contributed by atoms with Crippen LogP contribution in [-0.4, -0.2) is 0 Å². The van der Waals surface area contributed by atoms with E-state index < -0.39 is 0 Å². The number of hydrogen-bond donors (Lipinski definition) is 2. The Labute approximate surface area is 80.9 Å². The van der Waals surface area contributed by atoms with E-state index in [1.54, 1.807) is 18.0 Å². The summed E-state index contributed by atoms with van der Waals surface area (Å²) in [4.78, 5) is 0. The van der Waals surface area contributed by atoms with Crippen molar-refractivity contribution in [3.05, 3.63) is 47.8 Å². The first kappa shape index (κ1) is 8.31. The molecule has 0 saturated carbocycles. The highest BCUT2D eigenvalue weighted by Crippen LogP contribution is 2.19. The maximum Gasteiger partial charge on any atom is 0.114 e. The summed E-state index contributed by atoms with van der Waals surface area (Å²) in [5.41, 5.74) is 0. The summed E-state index contributed by atoms with van der Waals surface area (Å²) < 4.78 is 5.21. The van der Waals surface area contributed by atoms with Crippen molar-refractivity contribution in [3.63, 3.8) is 0 Å². The number of hydrogen-bond acceptors (Lipinski definition) is 4. The normalized spacial score (nSPS) is 14.6. The minimum atomic E-state index is 0.849. The van der Waals surface area contributed by atoms with Crippen LogP contribution in [0.1, 0.15) is 5.76 Å². The molecular formula is C9H10N2OS. The Hall–Kier alpha value is -1.29. The molecule has 0 amide bonds.